The second kappa shape index (κ2) is 13.9. The van der Waals surface area contributed by atoms with Crippen molar-refractivity contribution in [3.63, 3.8) is 0 Å². The summed E-state index contributed by atoms with van der Waals surface area (Å²) in [6, 6.07) is 18.4. The normalized spacial score (nSPS) is 12.3. The van der Waals surface area contributed by atoms with Crippen molar-refractivity contribution in [1.82, 2.24) is 5.32 Å². The SMILES string of the molecule is CCOC(=O)C(Cc1ccc(OCCNC(=O)Nc2ccc(C(F)(F)F)cc2)cc1)Oc1ccc(C(C)(C)C)cc1. The summed E-state index contributed by atoms with van der Waals surface area (Å²) in [6.07, 6.45) is -4.97. The van der Waals surface area contributed by atoms with Crippen LogP contribution < -0.4 is 20.1 Å². The zero-order valence-electron chi connectivity index (χ0n) is 23.5. The molecule has 3 aromatic rings. The Morgan fingerprint density at radius 3 is 1.98 bits per heavy atom. The molecule has 0 aliphatic rings. The lowest BCUT2D eigenvalue weighted by molar-refractivity contribution is -0.151. The van der Waals surface area contributed by atoms with Crippen LogP contribution in [0.1, 0.15) is 44.4 Å². The third-order valence-electron chi connectivity index (χ3n) is 6.02. The van der Waals surface area contributed by atoms with Gasteiger partial charge in [0.25, 0.3) is 0 Å². The van der Waals surface area contributed by atoms with E-state index in [4.69, 9.17) is 14.2 Å². The summed E-state index contributed by atoms with van der Waals surface area (Å²) in [5, 5.41) is 5.04. The molecule has 220 valence electrons. The molecular weight excluding hydrogens is 537 g/mol. The quantitative estimate of drug-likeness (QED) is 0.196. The second-order valence-electron chi connectivity index (χ2n) is 10.3. The van der Waals surface area contributed by atoms with Crippen LogP contribution in [0.5, 0.6) is 11.5 Å². The number of rotatable bonds is 11. The monoisotopic (exact) mass is 572 g/mol. The molecular formula is C31H35F3N2O5. The first-order valence-corrected chi connectivity index (χ1v) is 13.2. The van der Waals surface area contributed by atoms with Crippen LogP contribution in [-0.2, 0) is 27.5 Å². The Kier molecular flexibility index (Phi) is 10.6. The first kappa shape index (κ1) is 31.3. The number of amides is 2. The smallest absolute Gasteiger partial charge is 0.416 e. The molecule has 0 fully saturated rings. The van der Waals surface area contributed by atoms with Gasteiger partial charge in [0.2, 0.25) is 0 Å². The van der Waals surface area contributed by atoms with Gasteiger partial charge in [0.1, 0.15) is 18.1 Å². The number of urea groups is 1. The Labute approximate surface area is 238 Å². The summed E-state index contributed by atoms with van der Waals surface area (Å²) in [5.41, 5.74) is 1.44. The van der Waals surface area contributed by atoms with Crippen molar-refractivity contribution >= 4 is 17.7 Å². The number of ether oxygens (including phenoxy) is 3. The first-order chi connectivity index (χ1) is 19.3. The summed E-state index contributed by atoms with van der Waals surface area (Å²) in [6.45, 7) is 8.69. The Morgan fingerprint density at radius 1 is 0.829 bits per heavy atom. The van der Waals surface area contributed by atoms with E-state index < -0.39 is 29.8 Å². The maximum atomic E-state index is 12.6. The molecule has 0 heterocycles. The second-order valence-corrected chi connectivity index (χ2v) is 10.3. The van der Waals surface area contributed by atoms with Crippen molar-refractivity contribution < 1.29 is 37.0 Å². The van der Waals surface area contributed by atoms with Crippen LogP contribution in [0.4, 0.5) is 23.7 Å². The van der Waals surface area contributed by atoms with Crippen molar-refractivity contribution in [2.75, 3.05) is 25.1 Å². The minimum atomic E-state index is -4.44. The van der Waals surface area contributed by atoms with E-state index in [1.54, 1.807) is 19.1 Å². The number of alkyl halides is 3. The largest absolute Gasteiger partial charge is 0.492 e. The van der Waals surface area contributed by atoms with Gasteiger partial charge in [0.15, 0.2) is 6.10 Å². The van der Waals surface area contributed by atoms with E-state index in [1.165, 1.54) is 12.1 Å². The lowest BCUT2D eigenvalue weighted by Gasteiger charge is -2.21. The number of carbonyl (C=O) groups is 2. The Balaban J connectivity index is 1.47. The summed E-state index contributed by atoms with van der Waals surface area (Å²) in [5.74, 6) is 0.685. The lowest BCUT2D eigenvalue weighted by atomic mass is 9.87. The first-order valence-electron chi connectivity index (χ1n) is 13.2. The van der Waals surface area contributed by atoms with Crippen LogP contribution in [-0.4, -0.2) is 37.9 Å². The molecule has 2 amide bonds. The highest BCUT2D eigenvalue weighted by molar-refractivity contribution is 5.89. The summed E-state index contributed by atoms with van der Waals surface area (Å²) in [7, 11) is 0. The third kappa shape index (κ3) is 10.0. The van der Waals surface area contributed by atoms with Crippen molar-refractivity contribution in [2.24, 2.45) is 0 Å². The molecule has 0 aromatic heterocycles. The zero-order chi connectivity index (χ0) is 30.0. The predicted molar refractivity (Wildman–Crippen MR) is 150 cm³/mol. The molecule has 7 nitrogen and oxygen atoms in total. The predicted octanol–water partition coefficient (Wildman–Crippen LogP) is 6.76. The molecule has 0 bridgehead atoms. The number of benzene rings is 3. The molecule has 0 spiro atoms. The number of halogens is 3. The van der Waals surface area contributed by atoms with E-state index in [0.717, 1.165) is 23.3 Å². The zero-order valence-corrected chi connectivity index (χ0v) is 23.5. The molecule has 10 heteroatoms. The molecule has 0 radical (unpaired) electrons. The van der Waals surface area contributed by atoms with Gasteiger partial charge >= 0.3 is 18.2 Å². The van der Waals surface area contributed by atoms with Crippen LogP contribution >= 0.6 is 0 Å². The molecule has 1 atom stereocenters. The van der Waals surface area contributed by atoms with E-state index in [0.29, 0.717) is 17.9 Å². The van der Waals surface area contributed by atoms with Gasteiger partial charge in [-0.05, 0) is 72.0 Å². The molecule has 0 aliphatic carbocycles. The van der Waals surface area contributed by atoms with E-state index in [2.05, 4.69) is 31.4 Å². The minimum Gasteiger partial charge on any atom is -0.492 e. The average Bonchev–Trinajstić information content (AvgIpc) is 2.91. The fraction of sp³-hybridized carbons (Fsp3) is 0.355. The van der Waals surface area contributed by atoms with Crippen LogP contribution in [0.15, 0.2) is 72.8 Å². The van der Waals surface area contributed by atoms with Crippen LogP contribution in [0.25, 0.3) is 0 Å². The van der Waals surface area contributed by atoms with Gasteiger partial charge in [-0.1, -0.05) is 45.0 Å². The van der Waals surface area contributed by atoms with Gasteiger partial charge in [-0.3, -0.25) is 0 Å². The summed E-state index contributed by atoms with van der Waals surface area (Å²) < 4.78 is 54.8. The van der Waals surface area contributed by atoms with E-state index >= 15 is 0 Å². The van der Waals surface area contributed by atoms with Crippen molar-refractivity contribution in [3.05, 3.63) is 89.5 Å². The third-order valence-corrected chi connectivity index (χ3v) is 6.02. The highest BCUT2D eigenvalue weighted by atomic mass is 19.4. The van der Waals surface area contributed by atoms with E-state index in [1.807, 2.05) is 36.4 Å². The number of hydrogen-bond donors (Lipinski definition) is 2. The van der Waals surface area contributed by atoms with Gasteiger partial charge in [-0.25, -0.2) is 9.59 Å². The average molecular weight is 573 g/mol. The highest BCUT2D eigenvalue weighted by Crippen LogP contribution is 2.30. The van der Waals surface area contributed by atoms with Gasteiger partial charge in [0, 0.05) is 12.1 Å². The van der Waals surface area contributed by atoms with Gasteiger partial charge in [0.05, 0.1) is 18.7 Å². The molecule has 2 N–H and O–H groups in total. The number of esters is 1. The number of hydrogen-bond acceptors (Lipinski definition) is 5. The van der Waals surface area contributed by atoms with Gasteiger partial charge < -0.3 is 24.8 Å². The van der Waals surface area contributed by atoms with E-state index in [9.17, 15) is 22.8 Å². The topological polar surface area (TPSA) is 85.9 Å². The Hall–Kier alpha value is -4.21. The maximum Gasteiger partial charge on any atom is 0.416 e. The number of carbonyl (C=O) groups excluding carboxylic acids is 2. The maximum absolute atomic E-state index is 12.6. The van der Waals surface area contributed by atoms with Crippen LogP contribution in [0.3, 0.4) is 0 Å². The molecule has 3 aromatic carbocycles. The summed E-state index contributed by atoms with van der Waals surface area (Å²) >= 11 is 0. The van der Waals surface area contributed by atoms with Crippen LogP contribution in [0.2, 0.25) is 0 Å². The summed E-state index contributed by atoms with van der Waals surface area (Å²) in [4.78, 5) is 24.6. The highest BCUT2D eigenvalue weighted by Gasteiger charge is 2.30. The Bertz CT molecular complexity index is 1270. The van der Waals surface area contributed by atoms with Crippen molar-refractivity contribution in [1.29, 1.82) is 0 Å². The van der Waals surface area contributed by atoms with Crippen molar-refractivity contribution in [3.8, 4) is 11.5 Å². The number of anilines is 1. The minimum absolute atomic E-state index is 0.000782. The lowest BCUT2D eigenvalue weighted by Crippen LogP contribution is -2.32. The standard InChI is InChI=1S/C31H35F3N2O5/c1-5-39-28(37)27(41-26-16-10-22(11-17-26)30(2,3)4)20-21-6-14-25(15-7-21)40-19-18-35-29(38)36-24-12-8-23(9-13-24)31(32,33)34/h6-17,27H,5,18-20H2,1-4H3,(H2,35,36,38). The number of nitrogens with one attached hydrogen (secondary N) is 2. The molecule has 3 rings (SSSR count). The molecule has 1 unspecified atom stereocenters. The molecule has 41 heavy (non-hydrogen) atoms. The molecule has 0 aliphatic heterocycles. The fourth-order valence-electron chi connectivity index (χ4n) is 3.79. The van der Waals surface area contributed by atoms with Crippen LogP contribution in [0, 0.1) is 0 Å². The molecule has 0 saturated carbocycles. The van der Waals surface area contributed by atoms with Gasteiger partial charge in [-0.15, -0.1) is 0 Å². The van der Waals surface area contributed by atoms with Crippen molar-refractivity contribution in [2.45, 2.75) is 51.8 Å². The van der Waals surface area contributed by atoms with Gasteiger partial charge in [-0.2, -0.15) is 13.2 Å². The van der Waals surface area contributed by atoms with E-state index in [-0.39, 0.29) is 30.9 Å². The fourth-order valence-corrected chi connectivity index (χ4v) is 3.79. The Morgan fingerprint density at radius 2 is 1.41 bits per heavy atom. The molecule has 0 saturated heterocycles.